The van der Waals surface area contributed by atoms with Gasteiger partial charge in [0.05, 0.1) is 5.56 Å². The summed E-state index contributed by atoms with van der Waals surface area (Å²) in [5.41, 5.74) is -0.179. The van der Waals surface area contributed by atoms with Gasteiger partial charge in [0.15, 0.2) is 0 Å². The Hall–Kier alpha value is -0.310. The van der Waals surface area contributed by atoms with Gasteiger partial charge in [-0.2, -0.15) is 13.2 Å². The molecule has 3 aromatic rings. The first-order chi connectivity index (χ1) is 9.34. The lowest BCUT2D eigenvalue weighted by molar-refractivity contribution is -0.136. The van der Waals surface area contributed by atoms with E-state index in [1.165, 1.54) is 11.3 Å². The summed E-state index contributed by atoms with van der Waals surface area (Å²) in [7, 11) is 0. The zero-order valence-electron chi connectivity index (χ0n) is 10.0. The van der Waals surface area contributed by atoms with E-state index in [2.05, 4.69) is 36.8 Å². The lowest BCUT2D eigenvalue weighted by Crippen LogP contribution is -3.00. The second-order valence-electron chi connectivity index (χ2n) is 4.12. The van der Waals surface area contributed by atoms with Gasteiger partial charge in [-0.15, -0.1) is 0 Å². The van der Waals surface area contributed by atoms with Crippen LogP contribution in [-0.4, -0.2) is 4.98 Å². The number of nitrogens with zero attached hydrogens (tertiary/aromatic N) is 1. The maximum absolute atomic E-state index is 13.1. The van der Waals surface area contributed by atoms with E-state index in [9.17, 15) is 13.2 Å². The van der Waals surface area contributed by atoms with Crippen molar-refractivity contribution in [3.63, 3.8) is 0 Å². The van der Waals surface area contributed by atoms with Crippen LogP contribution in [0, 0.1) is 0 Å². The standard InChI is InChI=1S/C13H5Br2F3NS.BrH/c14-6-1-2-9-10(4-6)20-11-5-7(15)3-8(12(11)19-9)13(16,17)18;/h1-5H;1H/q+1;/p-1. The van der Waals surface area contributed by atoms with Crippen LogP contribution in [0.25, 0.3) is 20.4 Å². The summed E-state index contributed by atoms with van der Waals surface area (Å²) in [6.07, 6.45) is -4.43. The Labute approximate surface area is 149 Å². The molecule has 0 unspecified atom stereocenters. The van der Waals surface area contributed by atoms with Crippen LogP contribution in [-0.2, 0) is 6.18 Å². The predicted octanol–water partition coefficient (Wildman–Crippen LogP) is 3.28. The van der Waals surface area contributed by atoms with Crippen LogP contribution in [0.3, 0.4) is 0 Å². The molecule has 0 aliphatic carbocycles. The fourth-order valence-electron chi connectivity index (χ4n) is 1.88. The third-order valence-electron chi connectivity index (χ3n) is 2.72. The minimum atomic E-state index is -4.43. The fourth-order valence-corrected chi connectivity index (χ4v) is 4.09. The number of rotatable bonds is 0. The van der Waals surface area contributed by atoms with Crippen molar-refractivity contribution >= 4 is 63.6 Å². The van der Waals surface area contributed by atoms with Gasteiger partial charge >= 0.3 is 6.18 Å². The maximum Gasteiger partial charge on any atom is 0.418 e. The summed E-state index contributed by atoms with van der Waals surface area (Å²) in [5, 5.41) is 0. The van der Waals surface area contributed by atoms with Crippen molar-refractivity contribution in [3.05, 3.63) is 44.8 Å². The average molecular weight is 504 g/mol. The molecule has 21 heavy (non-hydrogen) atoms. The smallest absolute Gasteiger partial charge is 0.418 e. The Bertz CT molecular complexity index is 836. The van der Waals surface area contributed by atoms with Crippen LogP contribution in [0.15, 0.2) is 39.3 Å². The molecule has 2 aromatic carbocycles. The van der Waals surface area contributed by atoms with E-state index in [1.54, 1.807) is 18.2 Å². The van der Waals surface area contributed by atoms with Crippen molar-refractivity contribution in [2.24, 2.45) is 0 Å². The molecule has 0 N–H and O–H groups in total. The van der Waals surface area contributed by atoms with E-state index < -0.39 is 11.7 Å². The van der Waals surface area contributed by atoms with Crippen molar-refractivity contribution < 1.29 is 30.2 Å². The number of hydrogen-bond donors (Lipinski definition) is 0. The highest BCUT2D eigenvalue weighted by molar-refractivity contribution is 9.10. The molecule has 1 heterocycles. The minimum absolute atomic E-state index is 0. The van der Waals surface area contributed by atoms with Gasteiger partial charge in [-0.05, 0) is 18.2 Å². The number of halogens is 6. The summed E-state index contributed by atoms with van der Waals surface area (Å²) < 4.78 is 41.9. The molecule has 0 fully saturated rings. The molecule has 0 aliphatic rings. The van der Waals surface area contributed by atoms with Gasteiger partial charge in [0.1, 0.15) is 11.0 Å². The zero-order chi connectivity index (χ0) is 14.5. The van der Waals surface area contributed by atoms with Gasteiger partial charge in [-0.1, -0.05) is 31.9 Å². The molecule has 0 spiro atoms. The highest BCUT2D eigenvalue weighted by atomic mass is 79.9. The number of aromatic nitrogens is 1. The normalized spacial score (nSPS) is 11.7. The van der Waals surface area contributed by atoms with E-state index in [-0.39, 0.29) is 22.5 Å². The van der Waals surface area contributed by atoms with Crippen LogP contribution >= 0.6 is 43.2 Å². The van der Waals surface area contributed by atoms with E-state index >= 15 is 0 Å². The summed E-state index contributed by atoms with van der Waals surface area (Å²) in [4.78, 5) is 4.18. The van der Waals surface area contributed by atoms with Crippen LogP contribution in [0.1, 0.15) is 5.56 Å². The number of hydrogen-bond acceptors (Lipinski definition) is 1. The van der Waals surface area contributed by atoms with Crippen LogP contribution < -0.4 is 17.0 Å². The quantitative estimate of drug-likeness (QED) is 0.339. The van der Waals surface area contributed by atoms with Crippen LogP contribution in [0.2, 0.25) is 0 Å². The van der Waals surface area contributed by atoms with E-state index in [1.807, 2.05) is 6.07 Å². The van der Waals surface area contributed by atoms with E-state index in [0.717, 1.165) is 15.2 Å². The van der Waals surface area contributed by atoms with E-state index in [4.69, 9.17) is 0 Å². The van der Waals surface area contributed by atoms with Gasteiger partial charge in [0.25, 0.3) is 9.40 Å². The van der Waals surface area contributed by atoms with Gasteiger partial charge in [-0.3, -0.25) is 0 Å². The maximum atomic E-state index is 13.1. The highest BCUT2D eigenvalue weighted by Crippen LogP contribution is 2.39. The molecule has 0 aliphatic heterocycles. The number of alkyl halides is 3. The molecular weight excluding hydrogens is 499 g/mol. The van der Waals surface area contributed by atoms with Gasteiger partial charge in [0, 0.05) is 21.1 Å². The zero-order valence-corrected chi connectivity index (χ0v) is 15.6. The molecule has 0 saturated heterocycles. The van der Waals surface area contributed by atoms with Crippen molar-refractivity contribution in [2.45, 2.75) is 6.18 Å². The Morgan fingerprint density at radius 1 is 0.952 bits per heavy atom. The van der Waals surface area contributed by atoms with E-state index in [0.29, 0.717) is 14.7 Å². The lowest BCUT2D eigenvalue weighted by Gasteiger charge is -2.07. The van der Waals surface area contributed by atoms with Crippen molar-refractivity contribution in [1.82, 2.24) is 4.98 Å². The molecule has 0 atom stereocenters. The second-order valence-corrected chi connectivity index (χ2v) is 7.04. The highest BCUT2D eigenvalue weighted by Gasteiger charge is 2.35. The summed E-state index contributed by atoms with van der Waals surface area (Å²) in [6, 6.07) is 8.04. The molecular formula is C13H5Br3F3NS. The summed E-state index contributed by atoms with van der Waals surface area (Å²) >= 11 is 7.76. The first-order valence-electron chi connectivity index (χ1n) is 5.44. The molecule has 1 aromatic heterocycles. The van der Waals surface area contributed by atoms with Gasteiger partial charge in [0.2, 0.25) is 11.3 Å². The summed E-state index contributed by atoms with van der Waals surface area (Å²) in [6.45, 7) is 0. The first kappa shape index (κ1) is 17.1. The lowest BCUT2D eigenvalue weighted by atomic mass is 10.2. The van der Waals surface area contributed by atoms with Crippen molar-refractivity contribution in [1.29, 1.82) is 0 Å². The van der Waals surface area contributed by atoms with Gasteiger partial charge < -0.3 is 17.0 Å². The molecule has 0 saturated carbocycles. The molecule has 0 radical (unpaired) electrons. The molecule has 3 rings (SSSR count). The van der Waals surface area contributed by atoms with Crippen molar-refractivity contribution in [2.75, 3.05) is 0 Å². The predicted molar refractivity (Wildman–Crippen MR) is 81.9 cm³/mol. The van der Waals surface area contributed by atoms with Crippen LogP contribution in [0.4, 0.5) is 13.2 Å². The molecule has 0 bridgehead atoms. The third-order valence-corrected chi connectivity index (χ3v) is 4.75. The number of fused-ring (bicyclic) bond motifs is 2. The minimum Gasteiger partial charge on any atom is -1.00 e. The Kier molecular flexibility index (Phi) is 4.92. The first-order valence-corrected chi connectivity index (χ1v) is 7.85. The molecule has 0 amide bonds. The molecule has 1 nitrogen and oxygen atoms in total. The topological polar surface area (TPSA) is 12.9 Å². The van der Waals surface area contributed by atoms with Crippen LogP contribution in [0.5, 0.6) is 0 Å². The Morgan fingerprint density at radius 2 is 1.62 bits per heavy atom. The largest absolute Gasteiger partial charge is 1.00 e. The fraction of sp³-hybridized carbons (Fsp3) is 0.0769. The second kappa shape index (κ2) is 6.06. The average Bonchev–Trinajstić information content (AvgIpc) is 2.34. The van der Waals surface area contributed by atoms with Crippen molar-refractivity contribution in [3.8, 4) is 0 Å². The van der Waals surface area contributed by atoms with Gasteiger partial charge in [-0.25, -0.2) is 4.98 Å². The monoisotopic (exact) mass is 501 g/mol. The third kappa shape index (κ3) is 3.38. The molecule has 8 heteroatoms. The Balaban J connectivity index is 0.00000161. The molecule has 110 valence electrons. The Morgan fingerprint density at radius 3 is 2.29 bits per heavy atom. The number of benzene rings is 2. The summed E-state index contributed by atoms with van der Waals surface area (Å²) in [5.74, 6) is 0. The SMILES string of the molecule is FC(F)(F)c1cc(Br)cc2[s+]c3cc(Br)ccc3nc12.[Br-].